The number of hydrogen-bond donors (Lipinski definition) is 3. The molecule has 1 saturated heterocycles. The second-order valence-corrected chi connectivity index (χ2v) is 5.51. The molecular weight excluding hydrogens is 342 g/mol. The number of benzene rings is 1. The van der Waals surface area contributed by atoms with Gasteiger partial charge in [-0.2, -0.15) is 0 Å². The van der Waals surface area contributed by atoms with Gasteiger partial charge in [0.1, 0.15) is 25.2 Å². The molecule has 0 aliphatic carbocycles. The Bertz CT molecular complexity index is 664. The predicted octanol–water partition coefficient (Wildman–Crippen LogP) is -1.13. The van der Waals surface area contributed by atoms with E-state index < -0.39 is 35.8 Å². The molecule has 1 fully saturated rings. The van der Waals surface area contributed by atoms with Crippen LogP contribution in [0.2, 0.25) is 0 Å². The average molecular weight is 363 g/mol. The Kier molecular flexibility index (Phi) is 7.10. The van der Waals surface area contributed by atoms with Gasteiger partial charge in [-0.1, -0.05) is 30.3 Å². The van der Waals surface area contributed by atoms with Gasteiger partial charge in [0.25, 0.3) is 0 Å². The molecule has 2 atom stereocenters. The van der Waals surface area contributed by atoms with Gasteiger partial charge in [-0.05, 0) is 12.5 Å². The summed E-state index contributed by atoms with van der Waals surface area (Å²) in [5, 5.41) is 7.39. The summed E-state index contributed by atoms with van der Waals surface area (Å²) in [5.74, 6) is -2.11. The number of hydrogen-bond acceptors (Lipinski definition) is 7. The van der Waals surface area contributed by atoms with Crippen LogP contribution in [0.25, 0.3) is 0 Å². The predicted molar refractivity (Wildman–Crippen MR) is 89.6 cm³/mol. The Balaban J connectivity index is 1.58. The van der Waals surface area contributed by atoms with Gasteiger partial charge in [-0.3, -0.25) is 24.5 Å². The SMILES string of the molecule is CCOC(=O)[C@H]1N[C@@H]1C(=O)NCC(=O)NCC(=O)OCc1ccccc1. The van der Waals surface area contributed by atoms with E-state index in [-0.39, 0.29) is 26.3 Å². The van der Waals surface area contributed by atoms with Crippen molar-refractivity contribution in [2.24, 2.45) is 0 Å². The lowest BCUT2D eigenvalue weighted by Gasteiger charge is -2.07. The van der Waals surface area contributed by atoms with Gasteiger partial charge in [0.05, 0.1) is 13.2 Å². The average Bonchev–Trinajstić information content (AvgIpc) is 3.45. The lowest BCUT2D eigenvalue weighted by Crippen LogP contribution is -2.41. The first-order valence-electron chi connectivity index (χ1n) is 8.18. The molecule has 1 aliphatic rings. The van der Waals surface area contributed by atoms with E-state index in [1.807, 2.05) is 30.3 Å². The Labute approximate surface area is 150 Å². The van der Waals surface area contributed by atoms with Crippen molar-refractivity contribution < 1.29 is 28.7 Å². The molecule has 2 rings (SSSR count). The minimum atomic E-state index is -0.697. The zero-order chi connectivity index (χ0) is 18.9. The summed E-state index contributed by atoms with van der Waals surface area (Å²) >= 11 is 0. The normalized spacial score (nSPS) is 17.7. The Morgan fingerprint density at radius 3 is 2.42 bits per heavy atom. The summed E-state index contributed by atoms with van der Waals surface area (Å²) in [6, 6.07) is 7.77. The molecule has 9 heteroatoms. The maximum absolute atomic E-state index is 11.8. The summed E-state index contributed by atoms with van der Waals surface area (Å²) in [4.78, 5) is 46.4. The first-order chi connectivity index (χ1) is 12.5. The third-order valence-corrected chi connectivity index (χ3v) is 3.50. The first kappa shape index (κ1) is 19.4. The highest BCUT2D eigenvalue weighted by Gasteiger charge is 2.48. The van der Waals surface area contributed by atoms with Gasteiger partial charge in [0.2, 0.25) is 11.8 Å². The molecule has 0 spiro atoms. The molecule has 0 bridgehead atoms. The van der Waals surface area contributed by atoms with E-state index in [9.17, 15) is 19.2 Å². The number of nitrogens with one attached hydrogen (secondary N) is 3. The summed E-state index contributed by atoms with van der Waals surface area (Å²) in [7, 11) is 0. The highest BCUT2D eigenvalue weighted by molar-refractivity contribution is 5.97. The van der Waals surface area contributed by atoms with E-state index in [1.54, 1.807) is 6.92 Å². The molecule has 26 heavy (non-hydrogen) atoms. The molecule has 1 aromatic rings. The van der Waals surface area contributed by atoms with Gasteiger partial charge in [0.15, 0.2) is 0 Å². The van der Waals surface area contributed by atoms with Crippen molar-refractivity contribution in [2.45, 2.75) is 25.6 Å². The van der Waals surface area contributed by atoms with Crippen LogP contribution in [0.1, 0.15) is 12.5 Å². The maximum Gasteiger partial charge on any atom is 0.325 e. The van der Waals surface area contributed by atoms with Gasteiger partial charge in [0, 0.05) is 0 Å². The second kappa shape index (κ2) is 9.52. The second-order valence-electron chi connectivity index (χ2n) is 5.51. The van der Waals surface area contributed by atoms with Crippen molar-refractivity contribution in [2.75, 3.05) is 19.7 Å². The van der Waals surface area contributed by atoms with Crippen LogP contribution in [0.3, 0.4) is 0 Å². The van der Waals surface area contributed by atoms with Gasteiger partial charge in [-0.15, -0.1) is 0 Å². The summed E-state index contributed by atoms with van der Waals surface area (Å²) < 4.78 is 9.79. The van der Waals surface area contributed by atoms with Crippen molar-refractivity contribution in [3.63, 3.8) is 0 Å². The van der Waals surface area contributed by atoms with Gasteiger partial charge < -0.3 is 20.1 Å². The number of carbonyl (C=O) groups is 4. The van der Waals surface area contributed by atoms with Gasteiger partial charge >= 0.3 is 11.9 Å². The number of carbonyl (C=O) groups excluding carboxylic acids is 4. The lowest BCUT2D eigenvalue weighted by atomic mass is 10.2. The fourth-order valence-electron chi connectivity index (χ4n) is 2.10. The van der Waals surface area contributed by atoms with Crippen LogP contribution in [0.5, 0.6) is 0 Å². The number of esters is 2. The lowest BCUT2D eigenvalue weighted by molar-refractivity contribution is -0.145. The van der Waals surface area contributed by atoms with E-state index in [4.69, 9.17) is 9.47 Å². The van der Waals surface area contributed by atoms with Gasteiger partial charge in [-0.25, -0.2) is 0 Å². The highest BCUT2D eigenvalue weighted by atomic mass is 16.5. The first-order valence-corrected chi connectivity index (χ1v) is 8.18. The van der Waals surface area contributed by atoms with E-state index in [2.05, 4.69) is 16.0 Å². The monoisotopic (exact) mass is 363 g/mol. The van der Waals surface area contributed by atoms with Crippen LogP contribution in [-0.4, -0.2) is 55.5 Å². The molecule has 1 aromatic carbocycles. The largest absolute Gasteiger partial charge is 0.465 e. The van der Waals surface area contributed by atoms with Crippen molar-refractivity contribution in [1.82, 2.24) is 16.0 Å². The van der Waals surface area contributed by atoms with E-state index in [0.717, 1.165) is 5.56 Å². The molecule has 2 amide bonds. The Hall–Kier alpha value is -2.94. The van der Waals surface area contributed by atoms with E-state index in [1.165, 1.54) is 0 Å². The van der Waals surface area contributed by atoms with Crippen LogP contribution in [0.15, 0.2) is 30.3 Å². The molecule has 1 aliphatic heterocycles. The van der Waals surface area contributed by atoms with Crippen LogP contribution in [0, 0.1) is 0 Å². The van der Waals surface area contributed by atoms with Crippen LogP contribution < -0.4 is 16.0 Å². The van der Waals surface area contributed by atoms with Crippen molar-refractivity contribution in [3.05, 3.63) is 35.9 Å². The molecule has 0 unspecified atom stereocenters. The molecule has 1 heterocycles. The maximum atomic E-state index is 11.8. The topological polar surface area (TPSA) is 133 Å². The molecule has 140 valence electrons. The molecule has 3 N–H and O–H groups in total. The smallest absolute Gasteiger partial charge is 0.325 e. The molecular formula is C17H21N3O6. The molecule has 9 nitrogen and oxygen atoms in total. The summed E-state index contributed by atoms with van der Waals surface area (Å²) in [6.45, 7) is 1.42. The number of amides is 2. The Morgan fingerprint density at radius 2 is 1.73 bits per heavy atom. The molecule has 0 saturated carbocycles. The zero-order valence-corrected chi connectivity index (χ0v) is 14.3. The van der Waals surface area contributed by atoms with Crippen molar-refractivity contribution >= 4 is 23.8 Å². The number of ether oxygens (including phenoxy) is 2. The van der Waals surface area contributed by atoms with E-state index in [0.29, 0.717) is 0 Å². The summed E-state index contributed by atoms with van der Waals surface area (Å²) in [5.41, 5.74) is 0.840. The van der Waals surface area contributed by atoms with Crippen LogP contribution >= 0.6 is 0 Å². The van der Waals surface area contributed by atoms with E-state index >= 15 is 0 Å². The fraction of sp³-hybridized carbons (Fsp3) is 0.412. The minimum Gasteiger partial charge on any atom is -0.465 e. The van der Waals surface area contributed by atoms with Crippen molar-refractivity contribution in [3.8, 4) is 0 Å². The number of rotatable bonds is 9. The Morgan fingerprint density at radius 1 is 1.00 bits per heavy atom. The third-order valence-electron chi connectivity index (χ3n) is 3.50. The standard InChI is InChI=1S/C17H21N3O6/c1-2-25-17(24)15-14(20-15)16(23)19-8-12(21)18-9-13(22)26-10-11-6-4-3-5-7-11/h3-7,14-15,20H,2,8-10H2,1H3,(H,18,21)(H,19,23)/t14-,15-/m0/s1. The van der Waals surface area contributed by atoms with Crippen LogP contribution in [-0.2, 0) is 35.3 Å². The fourth-order valence-corrected chi connectivity index (χ4v) is 2.10. The molecule has 0 radical (unpaired) electrons. The molecule has 0 aromatic heterocycles. The quantitative estimate of drug-likeness (QED) is 0.373. The van der Waals surface area contributed by atoms with Crippen molar-refractivity contribution in [1.29, 1.82) is 0 Å². The highest BCUT2D eigenvalue weighted by Crippen LogP contribution is 2.12. The van der Waals surface area contributed by atoms with Crippen LogP contribution in [0.4, 0.5) is 0 Å². The minimum absolute atomic E-state index is 0.120. The zero-order valence-electron chi connectivity index (χ0n) is 14.3. The third kappa shape index (κ3) is 6.17. The summed E-state index contributed by atoms with van der Waals surface area (Å²) in [6.07, 6.45) is 0.